The summed E-state index contributed by atoms with van der Waals surface area (Å²) in [5.74, 6) is 1.15. The number of aryl methyl sites for hydroxylation is 1. The number of hydrogen-bond donors (Lipinski definition) is 1. The van der Waals surface area contributed by atoms with Crippen molar-refractivity contribution in [2.75, 3.05) is 12.3 Å². The zero-order chi connectivity index (χ0) is 25.9. The summed E-state index contributed by atoms with van der Waals surface area (Å²) < 4.78 is 0. The second-order valence-corrected chi connectivity index (χ2v) is 10.8. The van der Waals surface area contributed by atoms with Crippen LogP contribution in [0.25, 0.3) is 0 Å². The van der Waals surface area contributed by atoms with E-state index >= 15 is 0 Å². The Morgan fingerprint density at radius 3 is 2.25 bits per heavy atom. The third-order valence-corrected chi connectivity index (χ3v) is 7.21. The Morgan fingerprint density at radius 1 is 0.917 bits per heavy atom. The van der Waals surface area contributed by atoms with Gasteiger partial charge >= 0.3 is 0 Å². The first-order valence-electron chi connectivity index (χ1n) is 12.3. The lowest BCUT2D eigenvalue weighted by molar-refractivity contribution is -0.139. The van der Waals surface area contributed by atoms with Gasteiger partial charge in [0.15, 0.2) is 0 Å². The highest BCUT2D eigenvalue weighted by atomic mass is 35.5. The molecule has 3 aromatic rings. The average Bonchev–Trinajstić information content (AvgIpc) is 2.87. The average molecular weight is 523 g/mol. The zero-order valence-corrected chi connectivity index (χ0v) is 22.8. The van der Waals surface area contributed by atoms with E-state index in [2.05, 4.69) is 19.2 Å². The molecule has 0 radical (unpaired) electrons. The van der Waals surface area contributed by atoms with Gasteiger partial charge in [-0.3, -0.25) is 9.59 Å². The van der Waals surface area contributed by atoms with Gasteiger partial charge in [0, 0.05) is 30.3 Å². The molecule has 0 saturated carbocycles. The van der Waals surface area contributed by atoms with Crippen LogP contribution < -0.4 is 5.32 Å². The molecule has 0 heterocycles. The molecule has 0 aromatic heterocycles. The van der Waals surface area contributed by atoms with E-state index in [1.807, 2.05) is 85.8 Å². The molecule has 0 aliphatic heterocycles. The Morgan fingerprint density at radius 2 is 1.58 bits per heavy atom. The van der Waals surface area contributed by atoms with Crippen LogP contribution in [0.2, 0.25) is 5.02 Å². The van der Waals surface area contributed by atoms with Crippen molar-refractivity contribution in [3.05, 3.63) is 106 Å². The van der Waals surface area contributed by atoms with E-state index in [-0.39, 0.29) is 17.6 Å². The van der Waals surface area contributed by atoms with Crippen molar-refractivity contribution >= 4 is 35.2 Å². The summed E-state index contributed by atoms with van der Waals surface area (Å²) in [5.41, 5.74) is 4.28. The van der Waals surface area contributed by atoms with Gasteiger partial charge in [0.25, 0.3) is 0 Å². The highest BCUT2D eigenvalue weighted by Gasteiger charge is 2.30. The quantitative estimate of drug-likeness (QED) is 0.304. The SMILES string of the molecule is Cc1ccccc1CN(C(=O)CSCc1ccc(Cl)cc1)[C@@H](Cc1ccccc1)C(=O)NCC(C)C. The Kier molecular flexibility index (Phi) is 10.9. The normalized spacial score (nSPS) is 11.8. The lowest BCUT2D eigenvalue weighted by atomic mass is 10.0. The number of amides is 2. The van der Waals surface area contributed by atoms with Crippen molar-refractivity contribution in [1.82, 2.24) is 10.2 Å². The Labute approximate surface area is 224 Å². The van der Waals surface area contributed by atoms with E-state index in [0.29, 0.717) is 36.2 Å². The van der Waals surface area contributed by atoms with E-state index in [1.54, 1.807) is 16.7 Å². The number of hydrogen-bond acceptors (Lipinski definition) is 3. The topological polar surface area (TPSA) is 49.4 Å². The molecule has 0 fully saturated rings. The monoisotopic (exact) mass is 522 g/mol. The number of rotatable bonds is 12. The van der Waals surface area contributed by atoms with Gasteiger partial charge in [-0.25, -0.2) is 0 Å². The lowest BCUT2D eigenvalue weighted by Gasteiger charge is -2.32. The molecule has 1 atom stereocenters. The molecule has 3 rings (SSSR count). The summed E-state index contributed by atoms with van der Waals surface area (Å²) in [4.78, 5) is 28.9. The predicted molar refractivity (Wildman–Crippen MR) is 151 cm³/mol. The first-order chi connectivity index (χ1) is 17.3. The molecule has 190 valence electrons. The van der Waals surface area contributed by atoms with Gasteiger partial charge in [-0.2, -0.15) is 0 Å². The van der Waals surface area contributed by atoms with E-state index < -0.39 is 6.04 Å². The van der Waals surface area contributed by atoms with Gasteiger partial charge in [-0.05, 0) is 47.2 Å². The minimum atomic E-state index is -0.602. The second kappa shape index (κ2) is 14.1. The molecule has 0 aliphatic rings. The summed E-state index contributed by atoms with van der Waals surface area (Å²) in [5, 5.41) is 3.77. The third kappa shape index (κ3) is 8.72. The van der Waals surface area contributed by atoms with Gasteiger partial charge in [0.2, 0.25) is 11.8 Å². The fraction of sp³-hybridized carbons (Fsp3) is 0.333. The van der Waals surface area contributed by atoms with Crippen LogP contribution in [0.15, 0.2) is 78.9 Å². The first-order valence-corrected chi connectivity index (χ1v) is 13.8. The lowest BCUT2D eigenvalue weighted by Crippen LogP contribution is -2.51. The number of carbonyl (C=O) groups is 2. The molecule has 0 bridgehead atoms. The van der Waals surface area contributed by atoms with Gasteiger partial charge in [-0.1, -0.05) is 92.2 Å². The standard InChI is InChI=1S/C30H35ClN2O2S/c1-22(2)18-32-30(35)28(17-24-10-5-4-6-11-24)33(19-26-12-8-7-9-23(26)3)29(34)21-36-20-25-13-15-27(31)16-14-25/h4-16,22,28H,17-21H2,1-3H3,(H,32,35)/t28-/m0/s1. The molecule has 1 N–H and O–H groups in total. The van der Waals surface area contributed by atoms with Crippen LogP contribution >= 0.6 is 23.4 Å². The molecule has 36 heavy (non-hydrogen) atoms. The number of halogens is 1. The summed E-state index contributed by atoms with van der Waals surface area (Å²) >= 11 is 7.55. The Balaban J connectivity index is 1.84. The van der Waals surface area contributed by atoms with E-state index in [9.17, 15) is 9.59 Å². The van der Waals surface area contributed by atoms with E-state index in [4.69, 9.17) is 11.6 Å². The third-order valence-electron chi connectivity index (χ3n) is 5.97. The predicted octanol–water partition coefficient (Wildman–Crippen LogP) is 6.29. The van der Waals surface area contributed by atoms with Crippen molar-refractivity contribution in [3.8, 4) is 0 Å². The first kappa shape index (κ1) is 27.8. The Bertz CT molecular complexity index is 1120. The fourth-order valence-electron chi connectivity index (χ4n) is 3.87. The van der Waals surface area contributed by atoms with Gasteiger partial charge in [0.05, 0.1) is 5.75 Å². The Hall–Kier alpha value is -2.76. The van der Waals surface area contributed by atoms with Gasteiger partial charge in [0.1, 0.15) is 6.04 Å². The molecule has 0 unspecified atom stereocenters. The number of carbonyl (C=O) groups excluding carboxylic acids is 2. The maximum atomic E-state index is 13.7. The molecule has 0 aliphatic carbocycles. The number of benzene rings is 3. The smallest absolute Gasteiger partial charge is 0.243 e. The summed E-state index contributed by atoms with van der Waals surface area (Å²) in [6, 6.07) is 25.0. The van der Waals surface area contributed by atoms with Gasteiger partial charge in [-0.15, -0.1) is 11.8 Å². The zero-order valence-electron chi connectivity index (χ0n) is 21.2. The minimum Gasteiger partial charge on any atom is -0.354 e. The largest absolute Gasteiger partial charge is 0.354 e. The summed E-state index contributed by atoms with van der Waals surface area (Å²) in [6.45, 7) is 7.13. The van der Waals surface area contributed by atoms with Crippen molar-refractivity contribution in [3.63, 3.8) is 0 Å². The van der Waals surface area contributed by atoms with Crippen LogP contribution in [-0.4, -0.2) is 35.1 Å². The van der Waals surface area contributed by atoms with Crippen molar-refractivity contribution < 1.29 is 9.59 Å². The second-order valence-electron chi connectivity index (χ2n) is 9.41. The number of nitrogens with one attached hydrogen (secondary N) is 1. The van der Waals surface area contributed by atoms with Crippen LogP contribution in [0.1, 0.15) is 36.1 Å². The molecule has 6 heteroatoms. The van der Waals surface area contributed by atoms with Crippen LogP contribution in [0.4, 0.5) is 0 Å². The number of thioether (sulfide) groups is 1. The highest BCUT2D eigenvalue weighted by molar-refractivity contribution is 7.99. The molecule has 0 saturated heterocycles. The molecular formula is C30H35ClN2O2S. The molecule has 4 nitrogen and oxygen atoms in total. The van der Waals surface area contributed by atoms with Crippen LogP contribution in [0.5, 0.6) is 0 Å². The molecular weight excluding hydrogens is 488 g/mol. The minimum absolute atomic E-state index is 0.0437. The summed E-state index contributed by atoms with van der Waals surface area (Å²) in [7, 11) is 0. The molecule has 0 spiro atoms. The fourth-order valence-corrected chi connectivity index (χ4v) is 4.86. The van der Waals surface area contributed by atoms with Crippen molar-refractivity contribution in [1.29, 1.82) is 0 Å². The van der Waals surface area contributed by atoms with Crippen LogP contribution in [0, 0.1) is 12.8 Å². The van der Waals surface area contributed by atoms with Crippen LogP contribution in [0.3, 0.4) is 0 Å². The van der Waals surface area contributed by atoms with Crippen LogP contribution in [-0.2, 0) is 28.3 Å². The number of nitrogens with zero attached hydrogens (tertiary/aromatic N) is 1. The van der Waals surface area contributed by atoms with Crippen molar-refractivity contribution in [2.24, 2.45) is 5.92 Å². The molecule has 2 amide bonds. The maximum absolute atomic E-state index is 13.7. The molecule has 3 aromatic carbocycles. The van der Waals surface area contributed by atoms with Gasteiger partial charge < -0.3 is 10.2 Å². The maximum Gasteiger partial charge on any atom is 0.243 e. The van der Waals surface area contributed by atoms with Crippen molar-refractivity contribution in [2.45, 2.75) is 45.5 Å². The summed E-state index contributed by atoms with van der Waals surface area (Å²) in [6.07, 6.45) is 0.463. The van der Waals surface area contributed by atoms with E-state index in [0.717, 1.165) is 22.3 Å². The van der Waals surface area contributed by atoms with E-state index in [1.165, 1.54) is 0 Å². The highest BCUT2D eigenvalue weighted by Crippen LogP contribution is 2.20.